The molecule has 2 amide bonds. The second kappa shape index (κ2) is 8.11. The van der Waals surface area contributed by atoms with Gasteiger partial charge < -0.3 is 10.2 Å². The smallest absolute Gasteiger partial charge is 0.251 e. The summed E-state index contributed by atoms with van der Waals surface area (Å²) in [6.07, 6.45) is 2.22. The van der Waals surface area contributed by atoms with E-state index >= 15 is 0 Å². The highest BCUT2D eigenvalue weighted by Gasteiger charge is 2.21. The van der Waals surface area contributed by atoms with E-state index in [2.05, 4.69) is 12.2 Å². The SMILES string of the molecule is CNC(=O)c1ccc(CN(C)CC(=O)N2CCC(C)CC2)cc1. The molecule has 1 fully saturated rings. The number of benzene rings is 1. The van der Waals surface area contributed by atoms with Gasteiger partial charge in [0.1, 0.15) is 0 Å². The van der Waals surface area contributed by atoms with Gasteiger partial charge in [0.2, 0.25) is 5.91 Å². The number of amides is 2. The molecule has 23 heavy (non-hydrogen) atoms. The van der Waals surface area contributed by atoms with Gasteiger partial charge in [-0.3, -0.25) is 14.5 Å². The largest absolute Gasteiger partial charge is 0.355 e. The molecule has 0 bridgehead atoms. The molecular formula is C18H27N3O2. The number of rotatable bonds is 5. The number of nitrogens with one attached hydrogen (secondary N) is 1. The summed E-state index contributed by atoms with van der Waals surface area (Å²) in [6.45, 7) is 5.15. The quantitative estimate of drug-likeness (QED) is 0.900. The maximum Gasteiger partial charge on any atom is 0.251 e. The predicted octanol–water partition coefficient (Wildman–Crippen LogP) is 1.74. The van der Waals surface area contributed by atoms with E-state index in [0.29, 0.717) is 18.7 Å². The van der Waals surface area contributed by atoms with Crippen molar-refractivity contribution < 1.29 is 9.59 Å². The number of likely N-dealkylation sites (N-methyl/N-ethyl adjacent to an activating group) is 1. The predicted molar refractivity (Wildman–Crippen MR) is 91.1 cm³/mol. The summed E-state index contributed by atoms with van der Waals surface area (Å²) in [5.41, 5.74) is 1.75. The molecule has 0 unspecified atom stereocenters. The molecule has 126 valence electrons. The number of hydrogen-bond donors (Lipinski definition) is 1. The third-order valence-corrected chi connectivity index (χ3v) is 4.44. The molecule has 1 aliphatic rings. The normalized spacial score (nSPS) is 15.7. The van der Waals surface area contributed by atoms with Gasteiger partial charge in [0, 0.05) is 32.2 Å². The van der Waals surface area contributed by atoms with Crippen molar-refractivity contribution in [1.29, 1.82) is 0 Å². The Morgan fingerprint density at radius 1 is 1.22 bits per heavy atom. The van der Waals surface area contributed by atoms with Crippen molar-refractivity contribution in [2.24, 2.45) is 5.92 Å². The molecule has 1 saturated heterocycles. The Labute approximate surface area is 138 Å². The molecule has 5 nitrogen and oxygen atoms in total. The van der Waals surface area contributed by atoms with Gasteiger partial charge in [0.25, 0.3) is 5.91 Å². The second-order valence-corrected chi connectivity index (χ2v) is 6.51. The zero-order valence-electron chi connectivity index (χ0n) is 14.3. The van der Waals surface area contributed by atoms with E-state index < -0.39 is 0 Å². The first-order valence-corrected chi connectivity index (χ1v) is 8.27. The molecule has 1 N–H and O–H groups in total. The van der Waals surface area contributed by atoms with E-state index in [0.717, 1.165) is 37.4 Å². The van der Waals surface area contributed by atoms with Crippen molar-refractivity contribution in [3.63, 3.8) is 0 Å². The van der Waals surface area contributed by atoms with Crippen LogP contribution in [0.5, 0.6) is 0 Å². The van der Waals surface area contributed by atoms with Gasteiger partial charge in [-0.15, -0.1) is 0 Å². The molecule has 0 radical (unpaired) electrons. The molecule has 1 heterocycles. The van der Waals surface area contributed by atoms with Crippen molar-refractivity contribution in [3.05, 3.63) is 35.4 Å². The minimum atomic E-state index is -0.0839. The molecule has 0 aromatic heterocycles. The van der Waals surface area contributed by atoms with Crippen molar-refractivity contribution in [2.45, 2.75) is 26.3 Å². The average molecular weight is 317 g/mol. The fraction of sp³-hybridized carbons (Fsp3) is 0.556. The minimum absolute atomic E-state index is 0.0839. The Hall–Kier alpha value is -1.88. The second-order valence-electron chi connectivity index (χ2n) is 6.51. The van der Waals surface area contributed by atoms with Crippen molar-refractivity contribution in [2.75, 3.05) is 33.7 Å². The van der Waals surface area contributed by atoms with Crippen LogP contribution in [0.3, 0.4) is 0 Å². The first-order valence-electron chi connectivity index (χ1n) is 8.27. The van der Waals surface area contributed by atoms with Crippen molar-refractivity contribution >= 4 is 11.8 Å². The molecule has 0 saturated carbocycles. The van der Waals surface area contributed by atoms with Crippen LogP contribution < -0.4 is 5.32 Å². The summed E-state index contributed by atoms with van der Waals surface area (Å²) in [6, 6.07) is 7.51. The Kier molecular flexibility index (Phi) is 6.16. The van der Waals surface area contributed by atoms with Gasteiger partial charge in [0.15, 0.2) is 0 Å². The van der Waals surface area contributed by atoms with Crippen LogP contribution in [0.2, 0.25) is 0 Å². The summed E-state index contributed by atoms with van der Waals surface area (Å²) in [7, 11) is 3.58. The third-order valence-electron chi connectivity index (χ3n) is 4.44. The van der Waals surface area contributed by atoms with Crippen molar-refractivity contribution in [3.8, 4) is 0 Å². The first kappa shape index (κ1) is 17.5. The molecule has 1 aromatic carbocycles. The van der Waals surface area contributed by atoms with E-state index in [1.165, 1.54) is 0 Å². The van der Waals surface area contributed by atoms with Crippen LogP contribution in [-0.4, -0.2) is 55.3 Å². The zero-order valence-corrected chi connectivity index (χ0v) is 14.3. The van der Waals surface area contributed by atoms with Crippen LogP contribution in [0.15, 0.2) is 24.3 Å². The van der Waals surface area contributed by atoms with Crippen molar-refractivity contribution in [1.82, 2.24) is 15.1 Å². The van der Waals surface area contributed by atoms with Crippen LogP contribution in [0, 0.1) is 5.92 Å². The summed E-state index contributed by atoms with van der Waals surface area (Å²) in [4.78, 5) is 27.8. The van der Waals surface area contributed by atoms with Gasteiger partial charge >= 0.3 is 0 Å². The van der Waals surface area contributed by atoms with E-state index in [-0.39, 0.29) is 11.8 Å². The number of carbonyl (C=O) groups is 2. The van der Waals surface area contributed by atoms with Gasteiger partial charge in [-0.1, -0.05) is 19.1 Å². The molecule has 0 spiro atoms. The minimum Gasteiger partial charge on any atom is -0.355 e. The lowest BCUT2D eigenvalue weighted by Crippen LogP contribution is -2.42. The lowest BCUT2D eigenvalue weighted by atomic mass is 9.99. The summed E-state index contributed by atoms with van der Waals surface area (Å²) < 4.78 is 0. The first-order chi connectivity index (χ1) is 11.0. The monoisotopic (exact) mass is 317 g/mol. The molecule has 2 rings (SSSR count). The molecule has 0 aliphatic carbocycles. The fourth-order valence-electron chi connectivity index (χ4n) is 2.86. The maximum atomic E-state index is 12.3. The van der Waals surface area contributed by atoms with Crippen LogP contribution in [0.4, 0.5) is 0 Å². The topological polar surface area (TPSA) is 52.7 Å². The zero-order chi connectivity index (χ0) is 16.8. The number of hydrogen-bond acceptors (Lipinski definition) is 3. The lowest BCUT2D eigenvalue weighted by molar-refractivity contribution is -0.133. The molecular weight excluding hydrogens is 290 g/mol. The van der Waals surface area contributed by atoms with Crippen LogP contribution >= 0.6 is 0 Å². The van der Waals surface area contributed by atoms with Gasteiger partial charge in [-0.2, -0.15) is 0 Å². The maximum absolute atomic E-state index is 12.3. The average Bonchev–Trinajstić information content (AvgIpc) is 2.55. The van der Waals surface area contributed by atoms with Gasteiger partial charge in [-0.05, 0) is 43.5 Å². The molecule has 1 aromatic rings. The Balaban J connectivity index is 1.83. The summed E-state index contributed by atoms with van der Waals surface area (Å²) in [5.74, 6) is 0.858. The highest BCUT2D eigenvalue weighted by Crippen LogP contribution is 2.16. The number of piperidine rings is 1. The molecule has 1 aliphatic heterocycles. The third kappa shape index (κ3) is 5.06. The van der Waals surface area contributed by atoms with Gasteiger partial charge in [-0.25, -0.2) is 0 Å². The fourth-order valence-corrected chi connectivity index (χ4v) is 2.86. The van der Waals surface area contributed by atoms with Crippen LogP contribution in [-0.2, 0) is 11.3 Å². The van der Waals surface area contributed by atoms with Gasteiger partial charge in [0.05, 0.1) is 6.54 Å². The Morgan fingerprint density at radius 3 is 2.39 bits per heavy atom. The van der Waals surface area contributed by atoms with E-state index in [4.69, 9.17) is 0 Å². The highest BCUT2D eigenvalue weighted by atomic mass is 16.2. The molecule has 5 heteroatoms. The standard InChI is InChI=1S/C18H27N3O2/c1-14-8-10-21(11-9-14)17(22)13-20(3)12-15-4-6-16(7-5-15)18(23)19-2/h4-7,14H,8-13H2,1-3H3,(H,19,23). The Bertz CT molecular complexity index is 534. The van der Waals surface area contributed by atoms with Crippen LogP contribution in [0.25, 0.3) is 0 Å². The Morgan fingerprint density at radius 2 is 1.83 bits per heavy atom. The van der Waals surface area contributed by atoms with Crippen LogP contribution in [0.1, 0.15) is 35.7 Å². The lowest BCUT2D eigenvalue weighted by Gasteiger charge is -2.31. The number of likely N-dealkylation sites (tertiary alicyclic amines) is 1. The highest BCUT2D eigenvalue weighted by molar-refractivity contribution is 5.93. The summed E-state index contributed by atoms with van der Waals surface area (Å²) in [5, 5.41) is 2.61. The summed E-state index contributed by atoms with van der Waals surface area (Å²) >= 11 is 0. The number of carbonyl (C=O) groups excluding carboxylic acids is 2. The van der Waals surface area contributed by atoms with E-state index in [1.807, 2.05) is 41.1 Å². The van der Waals surface area contributed by atoms with E-state index in [1.54, 1.807) is 7.05 Å². The molecule has 0 atom stereocenters. The number of nitrogens with zero attached hydrogens (tertiary/aromatic N) is 2. The van der Waals surface area contributed by atoms with E-state index in [9.17, 15) is 9.59 Å².